The average molecular weight is 256 g/mol. The van der Waals surface area contributed by atoms with Gasteiger partial charge < -0.3 is 15.8 Å². The molecule has 0 aliphatic heterocycles. The Morgan fingerprint density at radius 1 is 1.28 bits per heavy atom. The molecule has 0 heterocycles. The molecule has 0 saturated heterocycles. The van der Waals surface area contributed by atoms with E-state index in [0.29, 0.717) is 12.6 Å². The molecule has 3 N–H and O–H groups in total. The molecule has 1 aliphatic rings. The van der Waals surface area contributed by atoms with Crippen LogP contribution in [0.4, 0.5) is 0 Å². The van der Waals surface area contributed by atoms with Gasteiger partial charge in [0.15, 0.2) is 0 Å². The van der Waals surface area contributed by atoms with Crippen LogP contribution in [-0.2, 0) is 14.3 Å². The molecule has 0 radical (unpaired) electrons. The number of nitrogens with one attached hydrogen (secondary N) is 1. The van der Waals surface area contributed by atoms with Gasteiger partial charge >= 0.3 is 5.97 Å². The van der Waals surface area contributed by atoms with Crippen molar-refractivity contribution in [2.24, 2.45) is 5.73 Å². The van der Waals surface area contributed by atoms with Crippen molar-refractivity contribution in [1.29, 1.82) is 0 Å². The van der Waals surface area contributed by atoms with Gasteiger partial charge in [-0.25, -0.2) is 0 Å². The monoisotopic (exact) mass is 256 g/mol. The third kappa shape index (κ3) is 5.49. The third-order valence-electron chi connectivity index (χ3n) is 3.31. The van der Waals surface area contributed by atoms with E-state index in [0.717, 1.165) is 12.8 Å². The Morgan fingerprint density at radius 3 is 2.39 bits per heavy atom. The molecule has 1 saturated carbocycles. The summed E-state index contributed by atoms with van der Waals surface area (Å²) in [5.74, 6) is -0.852. The number of carbonyl (C=O) groups is 2. The van der Waals surface area contributed by atoms with Gasteiger partial charge in [0.2, 0.25) is 5.91 Å². The minimum Gasteiger partial charge on any atom is -0.466 e. The second-order valence-electron chi connectivity index (χ2n) is 4.82. The van der Waals surface area contributed by atoms with E-state index in [1.54, 1.807) is 6.92 Å². The molecule has 1 aliphatic carbocycles. The second-order valence-corrected chi connectivity index (χ2v) is 4.82. The maximum atomic E-state index is 11.4. The molecule has 5 heteroatoms. The summed E-state index contributed by atoms with van der Waals surface area (Å²) in [5.41, 5.74) is 5.33. The quantitative estimate of drug-likeness (QED) is 0.551. The fourth-order valence-corrected chi connectivity index (χ4v) is 2.36. The molecule has 18 heavy (non-hydrogen) atoms. The highest BCUT2D eigenvalue weighted by molar-refractivity contribution is 5.85. The Bertz CT molecular complexity index is 273. The lowest BCUT2D eigenvalue weighted by atomic mass is 10.1. The molecular weight excluding hydrogens is 232 g/mol. The number of amides is 1. The fraction of sp³-hybridized carbons (Fsp3) is 0.846. The summed E-state index contributed by atoms with van der Waals surface area (Å²) in [5, 5.41) is 3.21. The lowest BCUT2D eigenvalue weighted by Crippen LogP contribution is -2.47. The number of nitrogens with two attached hydrogens (primary N) is 1. The largest absolute Gasteiger partial charge is 0.466 e. The van der Waals surface area contributed by atoms with Crippen molar-refractivity contribution in [3.05, 3.63) is 0 Å². The highest BCUT2D eigenvalue weighted by Gasteiger charge is 2.23. The predicted octanol–water partition coefficient (Wildman–Crippen LogP) is 1.11. The van der Waals surface area contributed by atoms with Crippen LogP contribution >= 0.6 is 0 Å². The number of esters is 1. The van der Waals surface area contributed by atoms with Crippen LogP contribution in [0.25, 0.3) is 0 Å². The normalized spacial score (nSPS) is 18.9. The van der Waals surface area contributed by atoms with Gasteiger partial charge in [-0.2, -0.15) is 0 Å². The number of primary amides is 1. The van der Waals surface area contributed by atoms with Crippen LogP contribution in [0.15, 0.2) is 0 Å². The van der Waals surface area contributed by atoms with Crippen LogP contribution in [0.1, 0.15) is 51.9 Å². The van der Waals surface area contributed by atoms with E-state index in [2.05, 4.69) is 5.32 Å². The van der Waals surface area contributed by atoms with Gasteiger partial charge in [-0.15, -0.1) is 0 Å². The summed E-state index contributed by atoms with van der Waals surface area (Å²) < 4.78 is 4.85. The maximum absolute atomic E-state index is 11.4. The zero-order valence-corrected chi connectivity index (χ0v) is 11.1. The average Bonchev–Trinajstić information content (AvgIpc) is 2.57. The zero-order chi connectivity index (χ0) is 13.4. The Labute approximate surface area is 108 Å². The fourth-order valence-electron chi connectivity index (χ4n) is 2.36. The predicted molar refractivity (Wildman–Crippen MR) is 68.9 cm³/mol. The summed E-state index contributed by atoms with van der Waals surface area (Å²) >= 11 is 0. The van der Waals surface area contributed by atoms with Crippen LogP contribution < -0.4 is 11.1 Å². The molecule has 104 valence electrons. The third-order valence-corrected chi connectivity index (χ3v) is 3.31. The molecule has 0 aromatic rings. The van der Waals surface area contributed by atoms with E-state index in [9.17, 15) is 9.59 Å². The molecule has 0 spiro atoms. The first-order valence-electron chi connectivity index (χ1n) is 6.84. The van der Waals surface area contributed by atoms with Crippen LogP contribution in [0.2, 0.25) is 0 Å². The van der Waals surface area contributed by atoms with Crippen molar-refractivity contribution < 1.29 is 14.3 Å². The van der Waals surface area contributed by atoms with Crippen LogP contribution in [0.3, 0.4) is 0 Å². The summed E-state index contributed by atoms with van der Waals surface area (Å²) in [6.45, 7) is 2.07. The molecule has 1 unspecified atom stereocenters. The molecule has 1 rings (SSSR count). The van der Waals surface area contributed by atoms with Gasteiger partial charge in [0.05, 0.1) is 19.1 Å². The topological polar surface area (TPSA) is 81.4 Å². The molecule has 5 nitrogen and oxygen atoms in total. The van der Waals surface area contributed by atoms with Gasteiger partial charge in [-0.05, 0) is 19.8 Å². The first-order valence-corrected chi connectivity index (χ1v) is 6.84. The minimum atomic E-state index is -0.604. The molecular formula is C13H24N2O3. The van der Waals surface area contributed by atoms with Crippen LogP contribution in [0.5, 0.6) is 0 Å². The molecule has 0 aromatic carbocycles. The van der Waals surface area contributed by atoms with Gasteiger partial charge in [0, 0.05) is 6.04 Å². The van der Waals surface area contributed by atoms with Gasteiger partial charge in [0.1, 0.15) is 0 Å². The maximum Gasteiger partial charge on any atom is 0.307 e. The van der Waals surface area contributed by atoms with Crippen molar-refractivity contribution >= 4 is 11.9 Å². The van der Waals surface area contributed by atoms with Gasteiger partial charge in [-0.3, -0.25) is 9.59 Å². The second kappa shape index (κ2) is 8.08. The van der Waals surface area contributed by atoms with E-state index >= 15 is 0 Å². The van der Waals surface area contributed by atoms with Gasteiger partial charge in [0.25, 0.3) is 0 Å². The van der Waals surface area contributed by atoms with E-state index in [1.807, 2.05) is 0 Å². The number of rotatable bonds is 6. The summed E-state index contributed by atoms with van der Waals surface area (Å²) in [6, 6.07) is -0.313. The summed E-state index contributed by atoms with van der Waals surface area (Å²) in [7, 11) is 0. The number of carbonyl (C=O) groups excluding carboxylic acids is 2. The van der Waals surface area contributed by atoms with Crippen molar-refractivity contribution in [2.45, 2.75) is 64.0 Å². The highest BCUT2D eigenvalue weighted by atomic mass is 16.5. The Kier molecular flexibility index (Phi) is 6.72. The SMILES string of the molecule is CCOC(=O)CC(NC1CCCCCC1)C(N)=O. The first kappa shape index (κ1) is 15.0. The Hall–Kier alpha value is -1.10. The standard InChI is InChI=1S/C13H24N2O3/c1-2-18-12(16)9-11(13(14)17)15-10-7-5-3-4-6-8-10/h10-11,15H,2-9H2,1H3,(H2,14,17). The number of hydrogen-bond donors (Lipinski definition) is 2. The van der Waals surface area contributed by atoms with Crippen molar-refractivity contribution in [3.8, 4) is 0 Å². The summed E-state index contributed by atoms with van der Waals surface area (Å²) in [4.78, 5) is 22.7. The number of hydrogen-bond acceptors (Lipinski definition) is 4. The summed E-state index contributed by atoms with van der Waals surface area (Å²) in [6.07, 6.45) is 6.96. The first-order chi connectivity index (χ1) is 8.63. The lowest BCUT2D eigenvalue weighted by molar-refractivity contribution is -0.145. The van der Waals surface area contributed by atoms with E-state index in [-0.39, 0.29) is 12.4 Å². The Morgan fingerprint density at radius 2 is 1.89 bits per heavy atom. The van der Waals surface area contributed by atoms with Crippen molar-refractivity contribution in [3.63, 3.8) is 0 Å². The van der Waals surface area contributed by atoms with Crippen LogP contribution in [-0.4, -0.2) is 30.6 Å². The van der Waals surface area contributed by atoms with E-state index in [4.69, 9.17) is 10.5 Å². The smallest absolute Gasteiger partial charge is 0.307 e. The van der Waals surface area contributed by atoms with Gasteiger partial charge in [-0.1, -0.05) is 25.7 Å². The van der Waals surface area contributed by atoms with Crippen LogP contribution in [0, 0.1) is 0 Å². The lowest BCUT2D eigenvalue weighted by Gasteiger charge is -2.22. The van der Waals surface area contributed by atoms with E-state index < -0.39 is 11.9 Å². The highest BCUT2D eigenvalue weighted by Crippen LogP contribution is 2.18. The Balaban J connectivity index is 2.45. The van der Waals surface area contributed by atoms with Crippen molar-refractivity contribution in [2.75, 3.05) is 6.61 Å². The number of ether oxygens (including phenoxy) is 1. The molecule has 0 bridgehead atoms. The van der Waals surface area contributed by atoms with E-state index in [1.165, 1.54) is 25.7 Å². The van der Waals surface area contributed by atoms with Crippen molar-refractivity contribution in [1.82, 2.24) is 5.32 Å². The molecule has 1 amide bonds. The molecule has 1 atom stereocenters. The molecule has 1 fully saturated rings. The molecule has 0 aromatic heterocycles. The zero-order valence-electron chi connectivity index (χ0n) is 11.1. The minimum absolute atomic E-state index is 0.0275.